The highest BCUT2D eigenvalue weighted by Gasteiger charge is 2.28. The molecular weight excluding hydrogens is 252 g/mol. The molecule has 1 heterocycles. The average molecular weight is 269 g/mol. The number of halogens is 2. The standard InChI is InChI=1S/C13H17F2N3O/c1-8(16)13(19)17-9-5-6-18(7-9)12-10(14)3-2-4-11(12)15/h2-4,8-9H,5-7,16H2,1H3,(H,17,19). The predicted octanol–water partition coefficient (Wildman–Crippen LogP) is 1.01. The van der Waals surface area contributed by atoms with E-state index in [2.05, 4.69) is 5.32 Å². The van der Waals surface area contributed by atoms with Crippen LogP contribution >= 0.6 is 0 Å². The van der Waals surface area contributed by atoms with Crippen molar-refractivity contribution in [1.29, 1.82) is 0 Å². The lowest BCUT2D eigenvalue weighted by atomic mass is 10.2. The Morgan fingerprint density at radius 2 is 2.11 bits per heavy atom. The molecule has 2 atom stereocenters. The first-order valence-electron chi connectivity index (χ1n) is 6.24. The number of rotatable bonds is 3. The van der Waals surface area contributed by atoms with E-state index in [4.69, 9.17) is 5.73 Å². The lowest BCUT2D eigenvalue weighted by Gasteiger charge is -2.20. The molecule has 1 saturated heterocycles. The highest BCUT2D eigenvalue weighted by molar-refractivity contribution is 5.81. The van der Waals surface area contributed by atoms with Crippen molar-refractivity contribution in [2.45, 2.75) is 25.4 Å². The van der Waals surface area contributed by atoms with Gasteiger partial charge in [-0.3, -0.25) is 4.79 Å². The monoisotopic (exact) mass is 269 g/mol. The fourth-order valence-electron chi connectivity index (χ4n) is 2.20. The van der Waals surface area contributed by atoms with Crippen LogP contribution in [0.4, 0.5) is 14.5 Å². The molecular formula is C13H17F2N3O. The van der Waals surface area contributed by atoms with Gasteiger partial charge in [-0.2, -0.15) is 0 Å². The summed E-state index contributed by atoms with van der Waals surface area (Å²) < 4.78 is 27.3. The predicted molar refractivity (Wildman–Crippen MR) is 68.8 cm³/mol. The molecule has 1 aliphatic heterocycles. The maximum Gasteiger partial charge on any atom is 0.236 e. The molecule has 0 aromatic heterocycles. The van der Waals surface area contributed by atoms with Gasteiger partial charge in [0, 0.05) is 19.1 Å². The lowest BCUT2D eigenvalue weighted by molar-refractivity contribution is -0.122. The van der Waals surface area contributed by atoms with Gasteiger partial charge in [-0.15, -0.1) is 0 Å². The number of benzene rings is 1. The summed E-state index contributed by atoms with van der Waals surface area (Å²) >= 11 is 0. The second-order valence-electron chi connectivity index (χ2n) is 4.80. The van der Waals surface area contributed by atoms with Gasteiger partial charge in [0.05, 0.1) is 6.04 Å². The molecule has 2 unspecified atom stereocenters. The summed E-state index contributed by atoms with van der Waals surface area (Å²) in [5.74, 6) is -1.42. The summed E-state index contributed by atoms with van der Waals surface area (Å²) in [6.07, 6.45) is 0.645. The van der Waals surface area contributed by atoms with Crippen molar-refractivity contribution in [3.8, 4) is 0 Å². The van der Waals surface area contributed by atoms with Crippen molar-refractivity contribution in [3.05, 3.63) is 29.8 Å². The summed E-state index contributed by atoms with van der Waals surface area (Å²) in [7, 11) is 0. The lowest BCUT2D eigenvalue weighted by Crippen LogP contribution is -2.45. The molecule has 0 bridgehead atoms. The molecule has 0 aliphatic carbocycles. The zero-order chi connectivity index (χ0) is 14.0. The summed E-state index contributed by atoms with van der Waals surface area (Å²) in [5.41, 5.74) is 5.43. The van der Waals surface area contributed by atoms with Crippen LogP contribution in [0.2, 0.25) is 0 Å². The number of amides is 1. The minimum atomic E-state index is -0.584. The number of nitrogens with two attached hydrogens (primary N) is 1. The number of nitrogens with zero attached hydrogens (tertiary/aromatic N) is 1. The Morgan fingerprint density at radius 3 is 2.68 bits per heavy atom. The summed E-state index contributed by atoms with van der Waals surface area (Å²) in [6.45, 7) is 2.48. The van der Waals surface area contributed by atoms with E-state index >= 15 is 0 Å². The molecule has 1 aromatic rings. The Bertz CT molecular complexity index is 459. The third-order valence-corrected chi connectivity index (χ3v) is 3.20. The average Bonchev–Trinajstić information content (AvgIpc) is 2.77. The van der Waals surface area contributed by atoms with Gasteiger partial charge < -0.3 is 16.0 Å². The quantitative estimate of drug-likeness (QED) is 0.861. The second-order valence-corrected chi connectivity index (χ2v) is 4.80. The van der Waals surface area contributed by atoms with Gasteiger partial charge in [-0.05, 0) is 25.5 Å². The van der Waals surface area contributed by atoms with Gasteiger partial charge in [0.2, 0.25) is 5.91 Å². The van der Waals surface area contributed by atoms with Crippen molar-refractivity contribution in [1.82, 2.24) is 5.32 Å². The molecule has 2 rings (SSSR count). The van der Waals surface area contributed by atoms with Crippen molar-refractivity contribution in [2.75, 3.05) is 18.0 Å². The van der Waals surface area contributed by atoms with E-state index in [0.717, 1.165) is 0 Å². The smallest absolute Gasteiger partial charge is 0.236 e. The first kappa shape index (κ1) is 13.7. The SMILES string of the molecule is CC(N)C(=O)NC1CCN(c2c(F)cccc2F)C1. The van der Waals surface area contributed by atoms with Crippen molar-refractivity contribution in [3.63, 3.8) is 0 Å². The number of hydrogen-bond acceptors (Lipinski definition) is 3. The third-order valence-electron chi connectivity index (χ3n) is 3.20. The van der Waals surface area contributed by atoms with Crippen LogP contribution < -0.4 is 16.0 Å². The van der Waals surface area contributed by atoms with Crippen molar-refractivity contribution >= 4 is 11.6 Å². The molecule has 4 nitrogen and oxygen atoms in total. The fraction of sp³-hybridized carbons (Fsp3) is 0.462. The minimum absolute atomic E-state index is 0.0277. The Morgan fingerprint density at radius 1 is 1.47 bits per heavy atom. The molecule has 6 heteroatoms. The van der Waals surface area contributed by atoms with Crippen LogP contribution in [0.3, 0.4) is 0 Å². The molecule has 19 heavy (non-hydrogen) atoms. The largest absolute Gasteiger partial charge is 0.365 e. The maximum atomic E-state index is 13.6. The van der Waals surface area contributed by atoms with Crippen LogP contribution in [0.15, 0.2) is 18.2 Å². The van der Waals surface area contributed by atoms with E-state index in [9.17, 15) is 13.6 Å². The van der Waals surface area contributed by atoms with Gasteiger partial charge in [-0.1, -0.05) is 6.07 Å². The molecule has 104 valence electrons. The van der Waals surface area contributed by atoms with Crippen LogP contribution in [0.5, 0.6) is 0 Å². The van der Waals surface area contributed by atoms with Gasteiger partial charge >= 0.3 is 0 Å². The van der Waals surface area contributed by atoms with Gasteiger partial charge in [0.25, 0.3) is 0 Å². The van der Waals surface area contributed by atoms with Crippen LogP contribution in [0.1, 0.15) is 13.3 Å². The first-order chi connectivity index (χ1) is 8.99. The minimum Gasteiger partial charge on any atom is -0.365 e. The van der Waals surface area contributed by atoms with Gasteiger partial charge in [0.15, 0.2) is 0 Å². The summed E-state index contributed by atoms with van der Waals surface area (Å²) in [5, 5.41) is 2.77. The first-order valence-corrected chi connectivity index (χ1v) is 6.24. The third kappa shape index (κ3) is 3.01. The zero-order valence-corrected chi connectivity index (χ0v) is 10.7. The molecule has 1 aliphatic rings. The van der Waals surface area contributed by atoms with Gasteiger partial charge in [0.1, 0.15) is 17.3 Å². The van der Waals surface area contributed by atoms with Crippen LogP contribution in [0, 0.1) is 11.6 Å². The van der Waals surface area contributed by atoms with E-state index in [1.165, 1.54) is 18.2 Å². The van der Waals surface area contributed by atoms with E-state index < -0.39 is 17.7 Å². The number of carbonyl (C=O) groups is 1. The fourth-order valence-corrected chi connectivity index (χ4v) is 2.20. The number of carbonyl (C=O) groups excluding carboxylic acids is 1. The molecule has 1 aromatic carbocycles. The number of nitrogens with one attached hydrogen (secondary N) is 1. The molecule has 0 saturated carbocycles. The number of anilines is 1. The maximum absolute atomic E-state index is 13.6. The van der Waals surface area contributed by atoms with E-state index in [1.54, 1.807) is 11.8 Å². The second kappa shape index (κ2) is 5.52. The van der Waals surface area contributed by atoms with E-state index in [0.29, 0.717) is 19.5 Å². The highest BCUT2D eigenvalue weighted by atomic mass is 19.1. The molecule has 0 spiro atoms. The molecule has 3 N–H and O–H groups in total. The van der Waals surface area contributed by atoms with Crippen LogP contribution in [-0.2, 0) is 4.79 Å². The Hall–Kier alpha value is -1.69. The summed E-state index contributed by atoms with van der Waals surface area (Å²) in [6, 6.07) is 3.08. The molecule has 1 amide bonds. The highest BCUT2D eigenvalue weighted by Crippen LogP contribution is 2.26. The van der Waals surface area contributed by atoms with Crippen molar-refractivity contribution in [2.24, 2.45) is 5.73 Å². The number of para-hydroxylation sites is 1. The molecule has 0 radical (unpaired) electrons. The Balaban J connectivity index is 2.04. The Labute approximate surface area is 110 Å². The van der Waals surface area contributed by atoms with Crippen LogP contribution in [-0.4, -0.2) is 31.1 Å². The van der Waals surface area contributed by atoms with Crippen LogP contribution in [0.25, 0.3) is 0 Å². The van der Waals surface area contributed by atoms with Gasteiger partial charge in [-0.25, -0.2) is 8.78 Å². The topological polar surface area (TPSA) is 58.4 Å². The normalized spacial score (nSPS) is 20.4. The van der Waals surface area contributed by atoms with E-state index in [-0.39, 0.29) is 17.6 Å². The van der Waals surface area contributed by atoms with E-state index in [1.807, 2.05) is 0 Å². The van der Waals surface area contributed by atoms with Crippen molar-refractivity contribution < 1.29 is 13.6 Å². The summed E-state index contributed by atoms with van der Waals surface area (Å²) in [4.78, 5) is 13.1. The molecule has 1 fully saturated rings. The Kier molecular flexibility index (Phi) is 3.99. The zero-order valence-electron chi connectivity index (χ0n) is 10.7. The number of hydrogen-bond donors (Lipinski definition) is 2.